The van der Waals surface area contributed by atoms with Gasteiger partial charge in [0, 0.05) is 16.7 Å². The van der Waals surface area contributed by atoms with Crippen LogP contribution in [0.2, 0.25) is 0 Å². The molecule has 0 aliphatic rings. The first-order chi connectivity index (χ1) is 13.7. The van der Waals surface area contributed by atoms with Crippen LogP contribution in [0.3, 0.4) is 0 Å². The summed E-state index contributed by atoms with van der Waals surface area (Å²) >= 11 is 0. The molecule has 0 fully saturated rings. The molecular formula is C26H22F2. The fraction of sp³-hybridized carbons (Fsp3) is 0.154. The maximum atomic E-state index is 14.4. The largest absolute Gasteiger partial charge is 0.207 e. The molecule has 0 aromatic heterocycles. The number of hydrogen-bond acceptors (Lipinski definition) is 0. The van der Waals surface area contributed by atoms with Gasteiger partial charge in [-0.05, 0) is 73.2 Å². The average molecular weight is 372 g/mol. The summed E-state index contributed by atoms with van der Waals surface area (Å²) < 4.78 is 27.5. The summed E-state index contributed by atoms with van der Waals surface area (Å²) in [6.07, 6.45) is 6.37. The van der Waals surface area contributed by atoms with E-state index in [1.165, 1.54) is 23.8 Å². The fourth-order valence-corrected chi connectivity index (χ4v) is 2.97. The lowest BCUT2D eigenvalue weighted by molar-refractivity contribution is 0.625. The third-order valence-corrected chi connectivity index (χ3v) is 4.55. The SMILES string of the molecule is C=CCCCCc1ccc(C#Cc2ccc(-c3ccc(F)cc3)c(F)c2)cc1. The van der Waals surface area contributed by atoms with Crippen molar-refractivity contribution in [2.75, 3.05) is 0 Å². The van der Waals surface area contributed by atoms with Crippen molar-refractivity contribution in [1.29, 1.82) is 0 Å². The van der Waals surface area contributed by atoms with Crippen LogP contribution >= 0.6 is 0 Å². The third kappa shape index (κ3) is 5.41. The number of halogens is 2. The van der Waals surface area contributed by atoms with Gasteiger partial charge in [0.05, 0.1) is 0 Å². The number of benzene rings is 3. The van der Waals surface area contributed by atoms with Crippen molar-refractivity contribution >= 4 is 0 Å². The smallest absolute Gasteiger partial charge is 0.132 e. The second-order valence-corrected chi connectivity index (χ2v) is 6.68. The Morgan fingerprint density at radius 3 is 2.14 bits per heavy atom. The van der Waals surface area contributed by atoms with Crippen molar-refractivity contribution in [3.8, 4) is 23.0 Å². The molecule has 0 nitrogen and oxygen atoms in total. The van der Waals surface area contributed by atoms with Crippen LogP contribution in [0.25, 0.3) is 11.1 Å². The topological polar surface area (TPSA) is 0 Å². The van der Waals surface area contributed by atoms with Crippen LogP contribution in [0.4, 0.5) is 8.78 Å². The highest BCUT2D eigenvalue weighted by atomic mass is 19.1. The summed E-state index contributed by atoms with van der Waals surface area (Å²) in [7, 11) is 0. The lowest BCUT2D eigenvalue weighted by Gasteiger charge is -2.04. The Hall–Kier alpha value is -3.18. The molecule has 0 bridgehead atoms. The molecule has 0 aliphatic heterocycles. The molecule has 0 heterocycles. The zero-order valence-corrected chi connectivity index (χ0v) is 15.7. The molecular weight excluding hydrogens is 350 g/mol. The number of aryl methyl sites for hydroxylation is 1. The predicted molar refractivity (Wildman–Crippen MR) is 112 cm³/mol. The first kappa shape index (κ1) is 19.6. The van der Waals surface area contributed by atoms with Gasteiger partial charge in [-0.1, -0.05) is 48.2 Å². The van der Waals surface area contributed by atoms with Crippen LogP contribution in [0.15, 0.2) is 79.4 Å². The Kier molecular flexibility index (Phi) is 6.76. The van der Waals surface area contributed by atoms with Gasteiger partial charge in [0.25, 0.3) is 0 Å². The van der Waals surface area contributed by atoms with Gasteiger partial charge >= 0.3 is 0 Å². The molecule has 3 aromatic rings. The molecule has 0 unspecified atom stereocenters. The number of allylic oxidation sites excluding steroid dienone is 1. The van der Waals surface area contributed by atoms with Gasteiger partial charge in [-0.2, -0.15) is 0 Å². The summed E-state index contributed by atoms with van der Waals surface area (Å²) in [5.74, 6) is 5.38. The second kappa shape index (κ2) is 9.67. The summed E-state index contributed by atoms with van der Waals surface area (Å²) in [5, 5.41) is 0. The molecule has 0 aliphatic carbocycles. The molecule has 140 valence electrons. The molecule has 0 spiro atoms. The van der Waals surface area contributed by atoms with E-state index in [2.05, 4.69) is 30.6 Å². The first-order valence-corrected chi connectivity index (χ1v) is 9.43. The predicted octanol–water partition coefficient (Wildman–Crippen LogP) is 6.93. The molecule has 0 radical (unpaired) electrons. The van der Waals surface area contributed by atoms with E-state index in [1.807, 2.05) is 18.2 Å². The zero-order chi connectivity index (χ0) is 19.8. The maximum absolute atomic E-state index is 14.4. The van der Waals surface area contributed by atoms with Gasteiger partial charge in [-0.15, -0.1) is 6.58 Å². The maximum Gasteiger partial charge on any atom is 0.132 e. The van der Waals surface area contributed by atoms with E-state index in [0.29, 0.717) is 16.7 Å². The van der Waals surface area contributed by atoms with Crippen LogP contribution in [0.1, 0.15) is 36.0 Å². The lowest BCUT2D eigenvalue weighted by atomic mass is 10.0. The second-order valence-electron chi connectivity index (χ2n) is 6.68. The standard InChI is InChI=1S/C26H22F2/c1-2-3-4-5-6-20-7-9-21(10-8-20)11-12-22-13-18-25(26(28)19-22)23-14-16-24(27)17-15-23/h2,7-10,13-19H,1,3-6H2. The normalized spacial score (nSPS) is 10.2. The summed E-state index contributed by atoms with van der Waals surface area (Å²) in [4.78, 5) is 0. The van der Waals surface area contributed by atoms with Crippen LogP contribution in [-0.4, -0.2) is 0 Å². The minimum absolute atomic E-state index is 0.338. The molecule has 0 atom stereocenters. The Morgan fingerprint density at radius 2 is 1.46 bits per heavy atom. The summed E-state index contributed by atoms with van der Waals surface area (Å²) in [5.41, 5.74) is 3.88. The van der Waals surface area contributed by atoms with Crippen LogP contribution in [0.5, 0.6) is 0 Å². The van der Waals surface area contributed by atoms with Gasteiger partial charge in [-0.3, -0.25) is 0 Å². The van der Waals surface area contributed by atoms with Gasteiger partial charge in [0.15, 0.2) is 0 Å². The highest BCUT2D eigenvalue weighted by molar-refractivity contribution is 5.65. The molecule has 3 rings (SSSR count). The molecule has 28 heavy (non-hydrogen) atoms. The molecule has 2 heteroatoms. The third-order valence-electron chi connectivity index (χ3n) is 4.55. The van der Waals surface area contributed by atoms with Crippen molar-refractivity contribution < 1.29 is 8.78 Å². The average Bonchev–Trinajstić information content (AvgIpc) is 2.71. The van der Waals surface area contributed by atoms with Crippen molar-refractivity contribution in [3.63, 3.8) is 0 Å². The number of rotatable bonds is 6. The highest BCUT2D eigenvalue weighted by Gasteiger charge is 2.05. The number of unbranched alkanes of at least 4 members (excludes halogenated alkanes) is 2. The number of hydrogen-bond donors (Lipinski definition) is 0. The van der Waals surface area contributed by atoms with Gasteiger partial charge in [0.1, 0.15) is 11.6 Å². The minimum Gasteiger partial charge on any atom is -0.207 e. The van der Waals surface area contributed by atoms with E-state index in [-0.39, 0.29) is 11.6 Å². The Bertz CT molecular complexity index is 987. The van der Waals surface area contributed by atoms with Crippen LogP contribution in [0, 0.1) is 23.5 Å². The van der Waals surface area contributed by atoms with Gasteiger partial charge in [-0.25, -0.2) is 8.78 Å². The van der Waals surface area contributed by atoms with Crippen molar-refractivity contribution in [2.45, 2.75) is 25.7 Å². The first-order valence-electron chi connectivity index (χ1n) is 9.43. The van der Waals surface area contributed by atoms with Crippen molar-refractivity contribution in [2.24, 2.45) is 0 Å². The molecule has 0 saturated heterocycles. The van der Waals surface area contributed by atoms with Crippen molar-refractivity contribution in [3.05, 3.63) is 108 Å². The molecule has 0 amide bonds. The lowest BCUT2D eigenvalue weighted by Crippen LogP contribution is -1.87. The quantitative estimate of drug-likeness (QED) is 0.250. The monoisotopic (exact) mass is 372 g/mol. The molecule has 3 aromatic carbocycles. The molecule has 0 saturated carbocycles. The Balaban J connectivity index is 1.67. The Morgan fingerprint density at radius 1 is 0.786 bits per heavy atom. The summed E-state index contributed by atoms with van der Waals surface area (Å²) in [6, 6.07) is 18.8. The van der Waals surface area contributed by atoms with E-state index in [4.69, 9.17) is 0 Å². The van der Waals surface area contributed by atoms with E-state index < -0.39 is 0 Å². The van der Waals surface area contributed by atoms with E-state index >= 15 is 0 Å². The van der Waals surface area contributed by atoms with Crippen LogP contribution < -0.4 is 0 Å². The van der Waals surface area contributed by atoms with E-state index in [0.717, 1.165) is 31.2 Å². The zero-order valence-electron chi connectivity index (χ0n) is 15.7. The molecule has 0 N–H and O–H groups in total. The van der Waals surface area contributed by atoms with Gasteiger partial charge in [0.2, 0.25) is 0 Å². The Labute approximate surface area is 165 Å². The summed E-state index contributed by atoms with van der Waals surface area (Å²) in [6.45, 7) is 3.74. The highest BCUT2D eigenvalue weighted by Crippen LogP contribution is 2.23. The van der Waals surface area contributed by atoms with Crippen molar-refractivity contribution in [1.82, 2.24) is 0 Å². The fourth-order valence-electron chi connectivity index (χ4n) is 2.97. The van der Waals surface area contributed by atoms with E-state index in [1.54, 1.807) is 24.3 Å². The van der Waals surface area contributed by atoms with Crippen LogP contribution in [-0.2, 0) is 6.42 Å². The van der Waals surface area contributed by atoms with E-state index in [9.17, 15) is 8.78 Å². The minimum atomic E-state index is -0.367. The van der Waals surface area contributed by atoms with Gasteiger partial charge < -0.3 is 0 Å².